The third-order valence-electron chi connectivity index (χ3n) is 6.38. The van der Waals surface area contributed by atoms with Crippen molar-refractivity contribution in [3.8, 4) is 0 Å². The van der Waals surface area contributed by atoms with Crippen molar-refractivity contribution in [2.45, 2.75) is 45.8 Å². The van der Waals surface area contributed by atoms with Crippen LogP contribution in [0.2, 0.25) is 0 Å². The quantitative estimate of drug-likeness (QED) is 0.654. The van der Waals surface area contributed by atoms with Gasteiger partial charge in [-0.3, -0.25) is 14.6 Å². The van der Waals surface area contributed by atoms with Crippen molar-refractivity contribution in [3.05, 3.63) is 48.0 Å². The lowest BCUT2D eigenvalue weighted by molar-refractivity contribution is -0.139. The zero-order valence-electron chi connectivity index (χ0n) is 17.5. The van der Waals surface area contributed by atoms with Crippen molar-refractivity contribution in [2.75, 3.05) is 26.2 Å². The summed E-state index contributed by atoms with van der Waals surface area (Å²) in [6.45, 7) is 9.19. The maximum atomic E-state index is 11.1. The molecule has 1 aromatic heterocycles. The fraction of sp³-hybridized carbons (Fsp3) is 0.458. The molecular formula is C24H31N3O2. The van der Waals surface area contributed by atoms with Crippen LogP contribution in [-0.4, -0.2) is 57.7 Å². The highest BCUT2D eigenvalue weighted by atomic mass is 16.4. The Labute approximate surface area is 172 Å². The second kappa shape index (κ2) is 8.56. The molecule has 2 heterocycles. The van der Waals surface area contributed by atoms with Crippen LogP contribution in [0.3, 0.4) is 0 Å². The molecule has 0 radical (unpaired) electrons. The van der Waals surface area contributed by atoms with Crippen LogP contribution in [-0.2, 0) is 17.9 Å². The van der Waals surface area contributed by atoms with Gasteiger partial charge in [0.05, 0.1) is 6.54 Å². The summed E-state index contributed by atoms with van der Waals surface area (Å²) in [4.78, 5) is 15.7. The van der Waals surface area contributed by atoms with Crippen LogP contribution in [0, 0.1) is 0 Å². The summed E-state index contributed by atoms with van der Waals surface area (Å²) in [6.07, 6.45) is 2.08. The predicted octanol–water partition coefficient (Wildman–Crippen LogP) is 4.19. The Balaban J connectivity index is 1.48. The number of rotatable bonds is 7. The predicted molar refractivity (Wildman–Crippen MR) is 118 cm³/mol. The molecule has 1 saturated heterocycles. The number of likely N-dealkylation sites (tertiary alicyclic amines) is 1. The maximum absolute atomic E-state index is 11.1. The molecular weight excluding hydrogens is 362 g/mol. The summed E-state index contributed by atoms with van der Waals surface area (Å²) in [7, 11) is 0. The number of aliphatic carboxylic acids is 1. The van der Waals surface area contributed by atoms with Gasteiger partial charge in [0.15, 0.2) is 0 Å². The molecule has 0 amide bonds. The van der Waals surface area contributed by atoms with Gasteiger partial charge in [-0.2, -0.15) is 0 Å². The summed E-state index contributed by atoms with van der Waals surface area (Å²) >= 11 is 0. The molecule has 0 saturated carbocycles. The molecule has 29 heavy (non-hydrogen) atoms. The Hall–Kier alpha value is -2.37. The second-order valence-electron chi connectivity index (χ2n) is 8.08. The van der Waals surface area contributed by atoms with E-state index in [2.05, 4.69) is 70.7 Å². The highest BCUT2D eigenvalue weighted by molar-refractivity contribution is 6.08. The van der Waals surface area contributed by atoms with E-state index < -0.39 is 5.97 Å². The third kappa shape index (κ3) is 4.02. The van der Waals surface area contributed by atoms with Crippen LogP contribution in [0.4, 0.5) is 0 Å². The summed E-state index contributed by atoms with van der Waals surface area (Å²) in [6, 6.07) is 15.9. The smallest absolute Gasteiger partial charge is 0.317 e. The molecule has 1 aliphatic heterocycles. The molecule has 0 bridgehead atoms. The van der Waals surface area contributed by atoms with E-state index in [0.717, 1.165) is 45.6 Å². The van der Waals surface area contributed by atoms with Crippen LogP contribution in [0.5, 0.6) is 0 Å². The standard InChI is InChI=1S/C24H31N3O2/c1-3-26(17-24(28)29)19-11-13-25(14-12-19)16-18-9-10-23-21(15-18)20-7-5-6-8-22(20)27(23)4-2/h5-10,15,19H,3-4,11-14,16-17H2,1-2H3,(H,28,29). The van der Waals surface area contributed by atoms with E-state index in [4.69, 9.17) is 5.11 Å². The Bertz CT molecular complexity index is 1000. The Morgan fingerprint density at radius 3 is 2.48 bits per heavy atom. The van der Waals surface area contributed by atoms with E-state index in [1.54, 1.807) is 0 Å². The largest absolute Gasteiger partial charge is 0.480 e. The number of aryl methyl sites for hydroxylation is 1. The number of para-hydroxylation sites is 1. The molecule has 5 nitrogen and oxygen atoms in total. The van der Waals surface area contributed by atoms with Crippen molar-refractivity contribution >= 4 is 27.8 Å². The van der Waals surface area contributed by atoms with E-state index >= 15 is 0 Å². The molecule has 4 rings (SSSR count). The molecule has 0 unspecified atom stereocenters. The third-order valence-corrected chi connectivity index (χ3v) is 6.38. The lowest BCUT2D eigenvalue weighted by atomic mass is 10.0. The molecule has 1 N–H and O–H groups in total. The Kier molecular flexibility index (Phi) is 5.88. The number of aromatic nitrogens is 1. The van der Waals surface area contributed by atoms with E-state index in [0.29, 0.717) is 6.04 Å². The number of hydrogen-bond donors (Lipinski definition) is 1. The molecule has 0 atom stereocenters. The number of carboxylic acid groups (broad SMARTS) is 1. The van der Waals surface area contributed by atoms with Crippen molar-refractivity contribution < 1.29 is 9.90 Å². The van der Waals surface area contributed by atoms with Crippen molar-refractivity contribution in [2.24, 2.45) is 0 Å². The summed E-state index contributed by atoms with van der Waals surface area (Å²) < 4.78 is 2.39. The van der Waals surface area contributed by atoms with Crippen LogP contribution in [0.15, 0.2) is 42.5 Å². The van der Waals surface area contributed by atoms with E-state index in [1.807, 2.05) is 0 Å². The summed E-state index contributed by atoms with van der Waals surface area (Å²) in [5.41, 5.74) is 3.97. The number of fused-ring (bicyclic) bond motifs is 3. The monoisotopic (exact) mass is 393 g/mol. The van der Waals surface area contributed by atoms with Gasteiger partial charge < -0.3 is 9.67 Å². The zero-order chi connectivity index (χ0) is 20.4. The van der Waals surface area contributed by atoms with E-state index in [-0.39, 0.29) is 6.54 Å². The van der Waals surface area contributed by atoms with Gasteiger partial charge in [0, 0.05) is 40.9 Å². The van der Waals surface area contributed by atoms with Crippen LogP contribution in [0.1, 0.15) is 32.3 Å². The van der Waals surface area contributed by atoms with Crippen LogP contribution >= 0.6 is 0 Å². The Morgan fingerprint density at radius 2 is 1.79 bits per heavy atom. The minimum Gasteiger partial charge on any atom is -0.480 e. The van der Waals surface area contributed by atoms with Crippen LogP contribution < -0.4 is 0 Å². The van der Waals surface area contributed by atoms with E-state index in [9.17, 15) is 4.79 Å². The highest BCUT2D eigenvalue weighted by Crippen LogP contribution is 2.30. The van der Waals surface area contributed by atoms with Gasteiger partial charge in [0.25, 0.3) is 0 Å². The first-order valence-corrected chi connectivity index (χ1v) is 10.8. The highest BCUT2D eigenvalue weighted by Gasteiger charge is 2.25. The number of carbonyl (C=O) groups is 1. The number of likely N-dealkylation sites (N-methyl/N-ethyl adjacent to an activating group) is 1. The van der Waals surface area contributed by atoms with Gasteiger partial charge in [-0.05, 0) is 63.2 Å². The first kappa shape index (κ1) is 19.9. The SMILES string of the molecule is CCN(CC(=O)O)C1CCN(Cc2ccc3c(c2)c2ccccc2n3CC)CC1. The van der Waals surface area contributed by atoms with Gasteiger partial charge in [0.2, 0.25) is 0 Å². The minimum atomic E-state index is -0.728. The zero-order valence-corrected chi connectivity index (χ0v) is 17.5. The van der Waals surface area contributed by atoms with Crippen LogP contribution in [0.25, 0.3) is 21.8 Å². The molecule has 1 aliphatic rings. The second-order valence-corrected chi connectivity index (χ2v) is 8.08. The van der Waals surface area contributed by atoms with Gasteiger partial charge in [-0.25, -0.2) is 0 Å². The molecule has 154 valence electrons. The number of benzene rings is 2. The van der Waals surface area contributed by atoms with Gasteiger partial charge in [-0.15, -0.1) is 0 Å². The molecule has 5 heteroatoms. The Morgan fingerprint density at radius 1 is 1.07 bits per heavy atom. The number of piperidine rings is 1. The fourth-order valence-electron chi connectivity index (χ4n) is 4.91. The van der Waals surface area contributed by atoms with Gasteiger partial charge >= 0.3 is 5.97 Å². The summed E-state index contributed by atoms with van der Waals surface area (Å²) in [5.74, 6) is -0.728. The first-order valence-electron chi connectivity index (χ1n) is 10.8. The average Bonchev–Trinajstić information content (AvgIpc) is 3.05. The number of nitrogens with zero attached hydrogens (tertiary/aromatic N) is 3. The van der Waals surface area contributed by atoms with Gasteiger partial charge in [0.1, 0.15) is 0 Å². The normalized spacial score (nSPS) is 16.2. The lowest BCUT2D eigenvalue weighted by Crippen LogP contribution is -2.46. The summed E-state index contributed by atoms with van der Waals surface area (Å²) in [5, 5.41) is 11.8. The lowest BCUT2D eigenvalue weighted by Gasteiger charge is -2.37. The van der Waals surface area contributed by atoms with Crippen molar-refractivity contribution in [1.82, 2.24) is 14.4 Å². The fourth-order valence-corrected chi connectivity index (χ4v) is 4.91. The van der Waals surface area contributed by atoms with Crippen molar-refractivity contribution in [3.63, 3.8) is 0 Å². The molecule has 0 spiro atoms. The topological polar surface area (TPSA) is 48.7 Å². The van der Waals surface area contributed by atoms with Crippen molar-refractivity contribution in [1.29, 1.82) is 0 Å². The van der Waals surface area contributed by atoms with E-state index in [1.165, 1.54) is 27.4 Å². The average molecular weight is 394 g/mol. The first-order chi connectivity index (χ1) is 14.1. The number of hydrogen-bond acceptors (Lipinski definition) is 3. The number of carboxylic acids is 1. The molecule has 0 aliphatic carbocycles. The molecule has 2 aromatic carbocycles. The molecule has 1 fully saturated rings. The minimum absolute atomic E-state index is 0.152. The molecule has 3 aromatic rings. The van der Waals surface area contributed by atoms with Gasteiger partial charge in [-0.1, -0.05) is 31.2 Å². The maximum Gasteiger partial charge on any atom is 0.317 e.